The van der Waals surface area contributed by atoms with Crippen LogP contribution in [0.3, 0.4) is 0 Å². The predicted molar refractivity (Wildman–Crippen MR) is 67.5 cm³/mol. The number of carboxylic acid groups (broad SMARTS) is 1. The first-order valence-electron chi connectivity index (χ1n) is 5.66. The number of hydrogen-bond acceptors (Lipinski definition) is 2. The van der Waals surface area contributed by atoms with Gasteiger partial charge in [0.2, 0.25) is 0 Å². The van der Waals surface area contributed by atoms with E-state index < -0.39 is 12.0 Å². The quantitative estimate of drug-likeness (QED) is 0.738. The smallest absolute Gasteiger partial charge is 0.325 e. The molecular weight excluding hydrogens is 214 g/mol. The zero-order valence-corrected chi connectivity index (χ0v) is 9.89. The van der Waals surface area contributed by atoms with E-state index in [1.54, 1.807) is 12.1 Å². The summed E-state index contributed by atoms with van der Waals surface area (Å²) in [6.45, 7) is 1.99. The lowest BCUT2D eigenvalue weighted by atomic mass is 10.0. The molecule has 3 heteroatoms. The van der Waals surface area contributed by atoms with Crippen molar-refractivity contribution in [2.75, 3.05) is 0 Å². The van der Waals surface area contributed by atoms with Crippen molar-refractivity contribution >= 4 is 5.97 Å². The lowest BCUT2D eigenvalue weighted by molar-refractivity contribution is -0.139. The second-order valence-corrected chi connectivity index (χ2v) is 3.86. The van der Waals surface area contributed by atoms with Gasteiger partial charge < -0.3 is 5.11 Å². The van der Waals surface area contributed by atoms with Crippen molar-refractivity contribution in [1.82, 2.24) is 5.32 Å². The fraction of sp³-hybridized carbons (Fsp3) is 0.357. The molecule has 0 aliphatic carbocycles. The molecule has 0 aliphatic heterocycles. The molecule has 0 fully saturated rings. The van der Waals surface area contributed by atoms with Crippen LogP contribution in [0, 0.1) is 12.3 Å². The topological polar surface area (TPSA) is 49.3 Å². The highest BCUT2D eigenvalue weighted by molar-refractivity contribution is 5.75. The van der Waals surface area contributed by atoms with Gasteiger partial charge in [-0.15, -0.1) is 12.3 Å². The Morgan fingerprint density at radius 1 is 1.47 bits per heavy atom. The second-order valence-electron chi connectivity index (χ2n) is 3.86. The van der Waals surface area contributed by atoms with Crippen molar-refractivity contribution in [2.45, 2.75) is 31.8 Å². The first kappa shape index (κ1) is 13.3. The van der Waals surface area contributed by atoms with Crippen LogP contribution in [0.5, 0.6) is 0 Å². The monoisotopic (exact) mass is 231 g/mol. The van der Waals surface area contributed by atoms with Gasteiger partial charge in [-0.05, 0) is 12.0 Å². The molecule has 0 bridgehead atoms. The third-order valence-corrected chi connectivity index (χ3v) is 2.64. The highest BCUT2D eigenvalue weighted by Crippen LogP contribution is 2.15. The van der Waals surface area contributed by atoms with Gasteiger partial charge in [0.05, 0.1) is 0 Å². The van der Waals surface area contributed by atoms with Crippen LogP contribution < -0.4 is 5.32 Å². The van der Waals surface area contributed by atoms with Gasteiger partial charge in [0.25, 0.3) is 0 Å². The Bertz CT molecular complexity index is 394. The Labute approximate surface area is 102 Å². The largest absolute Gasteiger partial charge is 0.480 e. The van der Waals surface area contributed by atoms with Gasteiger partial charge >= 0.3 is 5.97 Å². The Morgan fingerprint density at radius 2 is 2.12 bits per heavy atom. The molecule has 0 aliphatic rings. The molecular formula is C14H17NO2. The summed E-state index contributed by atoms with van der Waals surface area (Å²) in [6.07, 6.45) is 6.60. The Hall–Kier alpha value is -1.79. The number of hydrogen-bond donors (Lipinski definition) is 2. The first-order valence-corrected chi connectivity index (χ1v) is 5.66. The fourth-order valence-corrected chi connectivity index (χ4v) is 1.65. The molecule has 17 heavy (non-hydrogen) atoms. The number of benzene rings is 1. The summed E-state index contributed by atoms with van der Waals surface area (Å²) in [5.74, 6) is 1.68. The first-order chi connectivity index (χ1) is 8.19. The SMILES string of the molecule is C#CCC(CC)NC(C(=O)O)c1ccccc1. The number of rotatable bonds is 6. The molecule has 0 saturated carbocycles. The second kappa shape index (κ2) is 6.72. The van der Waals surface area contributed by atoms with E-state index in [4.69, 9.17) is 6.42 Å². The number of terminal acetylenes is 1. The molecule has 0 spiro atoms. The zero-order valence-electron chi connectivity index (χ0n) is 9.89. The third-order valence-electron chi connectivity index (χ3n) is 2.64. The number of aliphatic carboxylic acids is 1. The summed E-state index contributed by atoms with van der Waals surface area (Å²) < 4.78 is 0. The predicted octanol–water partition coefficient (Wildman–Crippen LogP) is 2.20. The summed E-state index contributed by atoms with van der Waals surface area (Å²) in [5.41, 5.74) is 0.746. The maximum Gasteiger partial charge on any atom is 0.325 e. The van der Waals surface area contributed by atoms with Crippen LogP contribution in [0.15, 0.2) is 30.3 Å². The van der Waals surface area contributed by atoms with Gasteiger partial charge in [0, 0.05) is 12.5 Å². The van der Waals surface area contributed by atoms with Crippen LogP contribution in [0.1, 0.15) is 31.4 Å². The highest BCUT2D eigenvalue weighted by atomic mass is 16.4. The lowest BCUT2D eigenvalue weighted by Crippen LogP contribution is -2.36. The van der Waals surface area contributed by atoms with Crippen LogP contribution in [0.25, 0.3) is 0 Å². The molecule has 0 saturated heterocycles. The maximum absolute atomic E-state index is 11.2. The van der Waals surface area contributed by atoms with Crippen LogP contribution in [-0.2, 0) is 4.79 Å². The molecule has 0 heterocycles. The van der Waals surface area contributed by atoms with Gasteiger partial charge in [-0.2, -0.15) is 0 Å². The Morgan fingerprint density at radius 3 is 2.59 bits per heavy atom. The molecule has 0 aromatic heterocycles. The van der Waals surface area contributed by atoms with Crippen molar-refractivity contribution in [2.24, 2.45) is 0 Å². The van der Waals surface area contributed by atoms with Crippen LogP contribution in [-0.4, -0.2) is 17.1 Å². The van der Waals surface area contributed by atoms with E-state index in [-0.39, 0.29) is 6.04 Å². The summed E-state index contributed by atoms with van der Waals surface area (Å²) in [5, 5.41) is 12.3. The Kier molecular flexibility index (Phi) is 5.25. The van der Waals surface area contributed by atoms with Crippen molar-refractivity contribution < 1.29 is 9.90 Å². The number of carbonyl (C=O) groups is 1. The van der Waals surface area contributed by atoms with Gasteiger partial charge in [0.15, 0.2) is 0 Å². The number of nitrogens with one attached hydrogen (secondary N) is 1. The van der Waals surface area contributed by atoms with E-state index in [2.05, 4.69) is 11.2 Å². The summed E-state index contributed by atoms with van der Waals surface area (Å²) in [6, 6.07) is 8.45. The average Bonchev–Trinajstić information content (AvgIpc) is 2.35. The van der Waals surface area contributed by atoms with Crippen molar-refractivity contribution in [1.29, 1.82) is 0 Å². The molecule has 90 valence electrons. The molecule has 3 nitrogen and oxygen atoms in total. The average molecular weight is 231 g/mol. The van der Waals surface area contributed by atoms with Crippen molar-refractivity contribution in [3.05, 3.63) is 35.9 Å². The van der Waals surface area contributed by atoms with Crippen LogP contribution in [0.2, 0.25) is 0 Å². The summed E-state index contributed by atoms with van der Waals surface area (Å²) in [7, 11) is 0. The van der Waals surface area contributed by atoms with E-state index in [1.807, 2.05) is 25.1 Å². The van der Waals surface area contributed by atoms with Gasteiger partial charge in [-0.1, -0.05) is 37.3 Å². The normalized spacial score (nSPS) is 13.6. The van der Waals surface area contributed by atoms with Crippen LogP contribution >= 0.6 is 0 Å². The van der Waals surface area contributed by atoms with Gasteiger partial charge in [0.1, 0.15) is 6.04 Å². The standard InChI is InChI=1S/C14H17NO2/c1-3-8-12(4-2)15-13(14(16)17)11-9-6-5-7-10-11/h1,5-7,9-10,12-13,15H,4,8H2,2H3,(H,16,17). The third kappa shape index (κ3) is 3.93. The lowest BCUT2D eigenvalue weighted by Gasteiger charge is -2.21. The molecule has 1 aromatic carbocycles. The summed E-state index contributed by atoms with van der Waals surface area (Å²) in [4.78, 5) is 11.2. The van der Waals surface area contributed by atoms with Gasteiger partial charge in [-0.3, -0.25) is 10.1 Å². The summed E-state index contributed by atoms with van der Waals surface area (Å²) >= 11 is 0. The molecule has 2 atom stereocenters. The van der Waals surface area contributed by atoms with E-state index in [0.29, 0.717) is 6.42 Å². The van der Waals surface area contributed by atoms with Crippen LogP contribution in [0.4, 0.5) is 0 Å². The fourth-order valence-electron chi connectivity index (χ4n) is 1.65. The minimum absolute atomic E-state index is 0.0290. The molecule has 1 rings (SSSR count). The molecule has 1 aromatic rings. The van der Waals surface area contributed by atoms with E-state index in [9.17, 15) is 9.90 Å². The van der Waals surface area contributed by atoms with E-state index >= 15 is 0 Å². The molecule has 0 amide bonds. The number of carboxylic acids is 1. The zero-order chi connectivity index (χ0) is 12.7. The maximum atomic E-state index is 11.2. The minimum Gasteiger partial charge on any atom is -0.480 e. The van der Waals surface area contributed by atoms with Crippen molar-refractivity contribution in [3.8, 4) is 12.3 Å². The molecule has 2 unspecified atom stereocenters. The Balaban J connectivity index is 2.81. The van der Waals surface area contributed by atoms with Crippen molar-refractivity contribution in [3.63, 3.8) is 0 Å². The van der Waals surface area contributed by atoms with E-state index in [0.717, 1.165) is 12.0 Å². The molecule has 0 radical (unpaired) electrons. The van der Waals surface area contributed by atoms with Gasteiger partial charge in [-0.25, -0.2) is 0 Å². The minimum atomic E-state index is -0.883. The molecule has 2 N–H and O–H groups in total. The van der Waals surface area contributed by atoms with E-state index in [1.165, 1.54) is 0 Å². The highest BCUT2D eigenvalue weighted by Gasteiger charge is 2.21.